The highest BCUT2D eigenvalue weighted by atomic mass is 35.5. The number of carbonyl (C=O) groups is 2. The maximum absolute atomic E-state index is 12.8. The molecular weight excluding hydrogens is 454 g/mol. The lowest BCUT2D eigenvalue weighted by atomic mass is 10.1. The number of benzene rings is 4. The molecular formula is C27H18ClNO3S. The van der Waals surface area contributed by atoms with E-state index < -0.39 is 0 Å². The molecule has 0 N–H and O–H groups in total. The van der Waals surface area contributed by atoms with Crippen LogP contribution in [0.15, 0.2) is 95.9 Å². The molecule has 162 valence electrons. The van der Waals surface area contributed by atoms with Crippen LogP contribution in [0.3, 0.4) is 0 Å². The van der Waals surface area contributed by atoms with Crippen LogP contribution in [0.1, 0.15) is 11.1 Å². The Hall–Kier alpha value is -3.54. The fraction of sp³-hybridized carbons (Fsp3) is 0.0370. The number of amides is 2. The molecule has 1 fully saturated rings. The Labute approximate surface area is 200 Å². The molecule has 4 aromatic carbocycles. The van der Waals surface area contributed by atoms with Gasteiger partial charge in [-0.2, -0.15) is 0 Å². The average molecular weight is 472 g/mol. The second-order valence-electron chi connectivity index (χ2n) is 7.54. The van der Waals surface area contributed by atoms with Crippen molar-refractivity contribution < 1.29 is 14.3 Å². The van der Waals surface area contributed by atoms with E-state index in [2.05, 4.69) is 30.3 Å². The second kappa shape index (κ2) is 9.14. The molecule has 4 nitrogen and oxygen atoms in total. The normalized spacial score (nSPS) is 14.9. The lowest BCUT2D eigenvalue weighted by Gasteiger charge is -2.12. The first-order valence-electron chi connectivity index (χ1n) is 10.3. The maximum Gasteiger partial charge on any atom is 0.298 e. The highest BCUT2D eigenvalue weighted by molar-refractivity contribution is 8.19. The van der Waals surface area contributed by atoms with Crippen LogP contribution in [0, 0.1) is 0 Å². The summed E-state index contributed by atoms with van der Waals surface area (Å²) < 4.78 is 5.92. The molecule has 0 spiro atoms. The molecule has 1 saturated heterocycles. The summed E-state index contributed by atoms with van der Waals surface area (Å²) in [7, 11) is 0. The second-order valence-corrected chi connectivity index (χ2v) is 8.97. The van der Waals surface area contributed by atoms with Crippen LogP contribution in [-0.4, -0.2) is 11.1 Å². The summed E-state index contributed by atoms with van der Waals surface area (Å²) in [6, 6.07) is 28.6. The van der Waals surface area contributed by atoms with Gasteiger partial charge in [0.1, 0.15) is 12.4 Å². The molecule has 0 atom stereocenters. The number of carbonyl (C=O) groups excluding carboxylic acids is 2. The van der Waals surface area contributed by atoms with Gasteiger partial charge in [-0.05, 0) is 76.1 Å². The van der Waals surface area contributed by atoms with Crippen LogP contribution < -0.4 is 9.64 Å². The standard InChI is InChI=1S/C27H18ClNO3S/c28-22-6-3-7-23(16-22)29-26(30)25(33-27(29)31)15-18-9-12-24(13-10-18)32-17-19-8-11-20-4-1-2-5-21(20)14-19/h1-16H,17H2/b25-15+. The van der Waals surface area contributed by atoms with Crippen molar-refractivity contribution in [1.82, 2.24) is 0 Å². The summed E-state index contributed by atoms with van der Waals surface area (Å²) in [5, 5.41) is 2.50. The largest absolute Gasteiger partial charge is 0.489 e. The van der Waals surface area contributed by atoms with Crippen molar-refractivity contribution in [3.8, 4) is 5.75 Å². The van der Waals surface area contributed by atoms with Gasteiger partial charge in [0.05, 0.1) is 10.6 Å². The van der Waals surface area contributed by atoms with E-state index in [1.807, 2.05) is 36.4 Å². The summed E-state index contributed by atoms with van der Waals surface area (Å²) in [6.45, 7) is 0.461. The van der Waals surface area contributed by atoms with E-state index in [0.29, 0.717) is 22.2 Å². The fourth-order valence-corrected chi connectivity index (χ4v) is 4.64. The van der Waals surface area contributed by atoms with Crippen molar-refractivity contribution in [2.75, 3.05) is 4.90 Å². The van der Waals surface area contributed by atoms with Gasteiger partial charge in [-0.1, -0.05) is 66.2 Å². The van der Waals surface area contributed by atoms with E-state index in [9.17, 15) is 9.59 Å². The SMILES string of the molecule is O=C1S/C(=C/c2ccc(OCc3ccc4ccccc4c3)cc2)C(=O)N1c1cccc(Cl)c1. The molecule has 1 aliphatic rings. The van der Waals surface area contributed by atoms with Gasteiger partial charge in [0.2, 0.25) is 0 Å². The van der Waals surface area contributed by atoms with Crippen molar-refractivity contribution in [2.24, 2.45) is 0 Å². The third-order valence-electron chi connectivity index (χ3n) is 5.26. The lowest BCUT2D eigenvalue weighted by Crippen LogP contribution is -2.27. The Morgan fingerprint density at radius 3 is 2.42 bits per heavy atom. The molecule has 1 aliphatic heterocycles. The first-order chi connectivity index (χ1) is 16.1. The highest BCUT2D eigenvalue weighted by Gasteiger charge is 2.36. The van der Waals surface area contributed by atoms with Gasteiger partial charge in [0.15, 0.2) is 0 Å². The molecule has 0 unspecified atom stereocenters. The van der Waals surface area contributed by atoms with Crippen LogP contribution in [0.2, 0.25) is 5.02 Å². The predicted octanol–water partition coefficient (Wildman–Crippen LogP) is 7.31. The van der Waals surface area contributed by atoms with Crippen molar-refractivity contribution in [2.45, 2.75) is 6.61 Å². The third-order valence-corrected chi connectivity index (χ3v) is 6.36. The lowest BCUT2D eigenvalue weighted by molar-refractivity contribution is -0.113. The Morgan fingerprint density at radius 2 is 1.64 bits per heavy atom. The third kappa shape index (κ3) is 4.65. The molecule has 1 heterocycles. The van der Waals surface area contributed by atoms with Crippen molar-refractivity contribution in [1.29, 1.82) is 0 Å². The topological polar surface area (TPSA) is 46.6 Å². The molecule has 2 amide bonds. The number of fused-ring (bicyclic) bond motifs is 1. The Kier molecular flexibility index (Phi) is 5.90. The minimum atomic E-state index is -0.358. The maximum atomic E-state index is 12.8. The molecule has 0 aliphatic carbocycles. The Balaban J connectivity index is 1.27. The number of anilines is 1. The van der Waals surface area contributed by atoms with Gasteiger partial charge in [0.25, 0.3) is 11.1 Å². The summed E-state index contributed by atoms with van der Waals surface area (Å²) in [6.07, 6.45) is 1.71. The summed E-state index contributed by atoms with van der Waals surface area (Å²) in [4.78, 5) is 26.7. The minimum Gasteiger partial charge on any atom is -0.489 e. The molecule has 4 aromatic rings. The fourth-order valence-electron chi connectivity index (χ4n) is 3.61. The van der Waals surface area contributed by atoms with E-state index in [1.165, 1.54) is 10.8 Å². The number of halogens is 1. The van der Waals surface area contributed by atoms with Crippen LogP contribution in [0.25, 0.3) is 16.8 Å². The van der Waals surface area contributed by atoms with E-state index in [1.54, 1.807) is 30.3 Å². The number of thioether (sulfide) groups is 1. The minimum absolute atomic E-state index is 0.344. The first-order valence-corrected chi connectivity index (χ1v) is 11.5. The van der Waals surface area contributed by atoms with Gasteiger partial charge in [0, 0.05) is 5.02 Å². The smallest absolute Gasteiger partial charge is 0.298 e. The zero-order valence-corrected chi connectivity index (χ0v) is 19.0. The molecule has 0 aromatic heterocycles. The summed E-state index contributed by atoms with van der Waals surface area (Å²) in [5.41, 5.74) is 2.36. The molecule has 0 bridgehead atoms. The van der Waals surface area contributed by atoms with Crippen LogP contribution in [0.5, 0.6) is 5.75 Å². The molecule has 33 heavy (non-hydrogen) atoms. The van der Waals surface area contributed by atoms with E-state index in [0.717, 1.165) is 33.5 Å². The van der Waals surface area contributed by atoms with Gasteiger partial charge >= 0.3 is 0 Å². The van der Waals surface area contributed by atoms with E-state index in [-0.39, 0.29) is 11.1 Å². The summed E-state index contributed by atoms with van der Waals surface area (Å²) in [5.74, 6) is 0.372. The van der Waals surface area contributed by atoms with Gasteiger partial charge < -0.3 is 4.74 Å². The van der Waals surface area contributed by atoms with Crippen molar-refractivity contribution in [3.05, 3.63) is 112 Å². The molecule has 0 saturated carbocycles. The number of imide groups is 1. The van der Waals surface area contributed by atoms with Crippen LogP contribution in [-0.2, 0) is 11.4 Å². The highest BCUT2D eigenvalue weighted by Crippen LogP contribution is 2.36. The number of hydrogen-bond acceptors (Lipinski definition) is 4. The van der Waals surface area contributed by atoms with Gasteiger partial charge in [-0.3, -0.25) is 9.59 Å². The van der Waals surface area contributed by atoms with E-state index in [4.69, 9.17) is 16.3 Å². The number of hydrogen-bond donors (Lipinski definition) is 0. The van der Waals surface area contributed by atoms with Gasteiger partial charge in [-0.25, -0.2) is 4.90 Å². The quantitative estimate of drug-likeness (QED) is 0.286. The summed E-state index contributed by atoms with van der Waals surface area (Å²) >= 11 is 6.92. The molecule has 0 radical (unpaired) electrons. The number of rotatable bonds is 5. The molecule has 5 rings (SSSR count). The van der Waals surface area contributed by atoms with Crippen LogP contribution in [0.4, 0.5) is 10.5 Å². The van der Waals surface area contributed by atoms with E-state index >= 15 is 0 Å². The number of ether oxygens (including phenoxy) is 1. The van der Waals surface area contributed by atoms with Gasteiger partial charge in [-0.15, -0.1) is 0 Å². The Bertz CT molecular complexity index is 1400. The first kappa shape index (κ1) is 21.3. The number of nitrogens with zero attached hydrogens (tertiary/aromatic N) is 1. The zero-order chi connectivity index (χ0) is 22.8. The zero-order valence-electron chi connectivity index (χ0n) is 17.4. The molecule has 6 heteroatoms. The van der Waals surface area contributed by atoms with Crippen LogP contribution >= 0.6 is 23.4 Å². The monoisotopic (exact) mass is 471 g/mol. The Morgan fingerprint density at radius 1 is 0.848 bits per heavy atom. The average Bonchev–Trinajstić information content (AvgIpc) is 3.11. The van der Waals surface area contributed by atoms with Crippen molar-refractivity contribution >= 4 is 57.0 Å². The predicted molar refractivity (Wildman–Crippen MR) is 135 cm³/mol. The van der Waals surface area contributed by atoms with Crippen molar-refractivity contribution in [3.63, 3.8) is 0 Å².